The molecule has 0 aliphatic carbocycles. The molecule has 1 fully saturated rings. The van der Waals surface area contributed by atoms with Crippen LogP contribution in [0.5, 0.6) is 0 Å². The highest BCUT2D eigenvalue weighted by atomic mass is 16.6. The Hall–Kier alpha value is -3.03. The minimum absolute atomic E-state index is 0.324. The van der Waals surface area contributed by atoms with Crippen LogP contribution in [0.4, 0.5) is 4.79 Å². The molecule has 1 aliphatic heterocycles. The predicted octanol–water partition coefficient (Wildman–Crippen LogP) is 2.48. The van der Waals surface area contributed by atoms with Gasteiger partial charge in [0.2, 0.25) is 0 Å². The number of hydrazone groups is 1. The lowest BCUT2D eigenvalue weighted by Gasteiger charge is -2.27. The van der Waals surface area contributed by atoms with Gasteiger partial charge in [0.1, 0.15) is 11.6 Å². The van der Waals surface area contributed by atoms with E-state index in [1.54, 1.807) is 39.4 Å². The zero-order valence-corrected chi connectivity index (χ0v) is 15.7. The molecule has 0 unspecified atom stereocenters. The van der Waals surface area contributed by atoms with E-state index < -0.39 is 17.7 Å². The predicted molar refractivity (Wildman–Crippen MR) is 101 cm³/mol. The first kappa shape index (κ1) is 18.8. The van der Waals surface area contributed by atoms with Gasteiger partial charge in [-0.1, -0.05) is 6.07 Å². The fourth-order valence-corrected chi connectivity index (χ4v) is 2.88. The molecule has 1 N–H and O–H groups in total. The molecule has 1 atom stereocenters. The molecule has 2 aromatic rings. The van der Waals surface area contributed by atoms with E-state index in [1.165, 1.54) is 4.90 Å². The number of carbonyl (C=O) groups excluding carboxylic acids is 2. The molecule has 1 aromatic carbocycles. The molecule has 0 saturated carbocycles. The average molecular weight is 369 g/mol. The molecule has 0 radical (unpaired) electrons. The molecule has 1 aliphatic rings. The lowest BCUT2D eigenvalue weighted by Crippen LogP contribution is -2.46. The molecule has 8 heteroatoms. The maximum Gasteiger partial charge on any atom is 0.410 e. The minimum atomic E-state index is -0.599. The van der Waals surface area contributed by atoms with E-state index in [0.717, 1.165) is 23.0 Å². The molecule has 1 aromatic heterocycles. The number of amides is 2. The summed E-state index contributed by atoms with van der Waals surface area (Å²) in [5, 5.41) is 4.01. The zero-order chi connectivity index (χ0) is 19.4. The molecular weight excluding hydrogens is 346 g/mol. The van der Waals surface area contributed by atoms with Crippen LogP contribution >= 0.6 is 0 Å². The van der Waals surface area contributed by atoms with Gasteiger partial charge in [-0.15, -0.1) is 0 Å². The van der Waals surface area contributed by atoms with Gasteiger partial charge in [0.05, 0.1) is 17.2 Å². The number of carbonyl (C=O) groups is 2. The van der Waals surface area contributed by atoms with E-state index in [4.69, 9.17) is 4.74 Å². The van der Waals surface area contributed by atoms with E-state index in [2.05, 4.69) is 20.5 Å². The van der Waals surface area contributed by atoms with Gasteiger partial charge in [-0.2, -0.15) is 5.10 Å². The average Bonchev–Trinajstić information content (AvgIpc) is 3.10. The number of hydrogen-bond donors (Lipinski definition) is 1. The molecule has 142 valence electrons. The van der Waals surface area contributed by atoms with Crippen LogP contribution in [-0.2, 0) is 9.53 Å². The number of likely N-dealkylation sites (tertiary alicyclic amines) is 1. The van der Waals surface area contributed by atoms with Crippen LogP contribution in [0, 0.1) is 0 Å². The highest BCUT2D eigenvalue weighted by molar-refractivity contribution is 5.89. The van der Waals surface area contributed by atoms with Crippen molar-refractivity contribution in [3.8, 4) is 0 Å². The van der Waals surface area contributed by atoms with Crippen molar-refractivity contribution in [3.05, 3.63) is 36.2 Å². The maximum atomic E-state index is 12.4. The standard InChI is InChI=1S/C19H23N5O3/c1-19(2,3)27-18(26)24-10-4-5-16(24)17(25)23-22-12-13-6-7-14-15(11-13)21-9-8-20-14/h6-9,11-12,16H,4-5,10H2,1-3H3,(H,23,25)/b22-12-/t16-/m0/s1. The molecule has 0 bridgehead atoms. The van der Waals surface area contributed by atoms with Gasteiger partial charge < -0.3 is 4.74 Å². The third-order valence-corrected chi connectivity index (χ3v) is 4.07. The monoisotopic (exact) mass is 369 g/mol. The Morgan fingerprint density at radius 3 is 2.74 bits per heavy atom. The van der Waals surface area contributed by atoms with Gasteiger partial charge in [0.15, 0.2) is 0 Å². The largest absolute Gasteiger partial charge is 0.444 e. The van der Waals surface area contributed by atoms with Crippen LogP contribution in [0.3, 0.4) is 0 Å². The Bertz CT molecular complexity index is 875. The van der Waals surface area contributed by atoms with E-state index in [0.29, 0.717) is 13.0 Å². The number of aromatic nitrogens is 2. The Morgan fingerprint density at radius 2 is 2.00 bits per heavy atom. The van der Waals surface area contributed by atoms with Crippen molar-refractivity contribution in [1.29, 1.82) is 0 Å². The molecule has 27 heavy (non-hydrogen) atoms. The summed E-state index contributed by atoms with van der Waals surface area (Å²) >= 11 is 0. The van der Waals surface area contributed by atoms with Gasteiger partial charge in [-0.3, -0.25) is 19.7 Å². The normalized spacial score (nSPS) is 17.4. The lowest BCUT2D eigenvalue weighted by atomic mass is 10.2. The molecule has 0 spiro atoms. The summed E-state index contributed by atoms with van der Waals surface area (Å²) in [6.07, 6.45) is 5.66. The van der Waals surface area contributed by atoms with Crippen LogP contribution in [0.15, 0.2) is 35.7 Å². The highest BCUT2D eigenvalue weighted by Crippen LogP contribution is 2.21. The first-order valence-corrected chi connectivity index (χ1v) is 8.87. The lowest BCUT2D eigenvalue weighted by molar-refractivity contribution is -0.125. The maximum absolute atomic E-state index is 12.4. The number of hydrogen-bond acceptors (Lipinski definition) is 6. The second-order valence-corrected chi connectivity index (χ2v) is 7.37. The first-order valence-electron chi connectivity index (χ1n) is 8.87. The van der Waals surface area contributed by atoms with Gasteiger partial charge in [-0.05, 0) is 51.3 Å². The van der Waals surface area contributed by atoms with E-state index in [9.17, 15) is 9.59 Å². The Labute approximate surface area is 157 Å². The van der Waals surface area contributed by atoms with Crippen molar-refractivity contribution < 1.29 is 14.3 Å². The van der Waals surface area contributed by atoms with Crippen molar-refractivity contribution in [3.63, 3.8) is 0 Å². The second kappa shape index (κ2) is 7.69. The Kier molecular flexibility index (Phi) is 5.34. The topological polar surface area (TPSA) is 96.8 Å². The number of benzene rings is 1. The van der Waals surface area contributed by atoms with E-state index in [1.807, 2.05) is 18.2 Å². The number of fused-ring (bicyclic) bond motifs is 1. The smallest absolute Gasteiger partial charge is 0.410 e. The van der Waals surface area contributed by atoms with Crippen LogP contribution in [0.25, 0.3) is 11.0 Å². The molecule has 2 heterocycles. The minimum Gasteiger partial charge on any atom is -0.444 e. The second-order valence-electron chi connectivity index (χ2n) is 7.37. The van der Waals surface area contributed by atoms with Gasteiger partial charge in [0.25, 0.3) is 5.91 Å². The summed E-state index contributed by atoms with van der Waals surface area (Å²) in [5.41, 5.74) is 4.24. The Balaban J connectivity index is 1.62. The van der Waals surface area contributed by atoms with Gasteiger partial charge >= 0.3 is 6.09 Å². The molecule has 1 saturated heterocycles. The summed E-state index contributed by atoms with van der Waals surface area (Å²) < 4.78 is 5.37. The number of nitrogens with zero attached hydrogens (tertiary/aromatic N) is 4. The number of ether oxygens (including phenoxy) is 1. The first-order chi connectivity index (χ1) is 12.8. The van der Waals surface area contributed by atoms with Crippen molar-refractivity contribution >= 4 is 29.2 Å². The van der Waals surface area contributed by atoms with Gasteiger partial charge in [-0.25, -0.2) is 10.2 Å². The molecule has 8 nitrogen and oxygen atoms in total. The van der Waals surface area contributed by atoms with E-state index in [-0.39, 0.29) is 5.91 Å². The van der Waals surface area contributed by atoms with Crippen molar-refractivity contribution in [2.45, 2.75) is 45.3 Å². The van der Waals surface area contributed by atoms with E-state index >= 15 is 0 Å². The fraction of sp³-hybridized carbons (Fsp3) is 0.421. The van der Waals surface area contributed by atoms with Crippen LogP contribution in [0.2, 0.25) is 0 Å². The summed E-state index contributed by atoms with van der Waals surface area (Å²) in [7, 11) is 0. The third kappa shape index (κ3) is 4.78. The number of nitrogens with one attached hydrogen (secondary N) is 1. The quantitative estimate of drug-likeness (QED) is 0.662. The third-order valence-electron chi connectivity index (χ3n) is 4.07. The summed E-state index contributed by atoms with van der Waals surface area (Å²) in [6, 6.07) is 4.95. The van der Waals surface area contributed by atoms with Crippen molar-refractivity contribution in [2.75, 3.05) is 6.54 Å². The fourth-order valence-electron chi connectivity index (χ4n) is 2.88. The molecule has 3 rings (SSSR count). The van der Waals surface area contributed by atoms with Crippen LogP contribution < -0.4 is 5.43 Å². The number of rotatable bonds is 3. The highest BCUT2D eigenvalue weighted by Gasteiger charge is 2.36. The summed E-state index contributed by atoms with van der Waals surface area (Å²) in [4.78, 5) is 34.6. The van der Waals surface area contributed by atoms with Crippen molar-refractivity contribution in [1.82, 2.24) is 20.3 Å². The summed E-state index contributed by atoms with van der Waals surface area (Å²) in [5.74, 6) is -0.324. The summed E-state index contributed by atoms with van der Waals surface area (Å²) in [6.45, 7) is 5.90. The van der Waals surface area contributed by atoms with Crippen LogP contribution in [-0.4, -0.2) is 51.3 Å². The molecule has 2 amide bonds. The van der Waals surface area contributed by atoms with Crippen molar-refractivity contribution in [2.24, 2.45) is 5.10 Å². The molecular formula is C19H23N5O3. The Morgan fingerprint density at radius 1 is 1.26 bits per heavy atom. The van der Waals surface area contributed by atoms with Crippen LogP contribution in [0.1, 0.15) is 39.2 Å². The van der Waals surface area contributed by atoms with Gasteiger partial charge in [0, 0.05) is 18.9 Å². The zero-order valence-electron chi connectivity index (χ0n) is 15.7. The SMILES string of the molecule is CC(C)(C)OC(=O)N1CCC[C@H]1C(=O)N/N=C\c1ccc2nccnc2c1.